The van der Waals surface area contributed by atoms with Gasteiger partial charge in [-0.05, 0) is 25.7 Å². The zero-order chi connectivity index (χ0) is 11.4. The summed E-state index contributed by atoms with van der Waals surface area (Å²) in [7, 11) is 0. The second kappa shape index (κ2) is 11.3. The SMILES string of the molecule is C=C/C=C/C=C/CCCCC(O)CCC. The molecule has 0 aromatic rings. The predicted molar refractivity (Wildman–Crippen MR) is 67.9 cm³/mol. The summed E-state index contributed by atoms with van der Waals surface area (Å²) in [5.74, 6) is 0. The van der Waals surface area contributed by atoms with Crippen molar-refractivity contribution < 1.29 is 5.11 Å². The van der Waals surface area contributed by atoms with Gasteiger partial charge in [0.2, 0.25) is 0 Å². The van der Waals surface area contributed by atoms with E-state index >= 15 is 0 Å². The van der Waals surface area contributed by atoms with Crippen LogP contribution in [0.25, 0.3) is 0 Å². The number of aliphatic hydroxyl groups excluding tert-OH is 1. The van der Waals surface area contributed by atoms with Crippen LogP contribution in [-0.4, -0.2) is 11.2 Å². The molecule has 0 rings (SSSR count). The van der Waals surface area contributed by atoms with E-state index in [1.54, 1.807) is 6.08 Å². The average molecular weight is 208 g/mol. The van der Waals surface area contributed by atoms with E-state index in [1.807, 2.05) is 18.2 Å². The van der Waals surface area contributed by atoms with Crippen molar-refractivity contribution in [2.45, 2.75) is 51.6 Å². The Morgan fingerprint density at radius 2 is 1.93 bits per heavy atom. The van der Waals surface area contributed by atoms with E-state index < -0.39 is 0 Å². The van der Waals surface area contributed by atoms with Gasteiger partial charge in [0.15, 0.2) is 0 Å². The maximum atomic E-state index is 9.48. The third kappa shape index (κ3) is 11.1. The molecule has 1 N–H and O–H groups in total. The van der Waals surface area contributed by atoms with E-state index in [0.29, 0.717) is 0 Å². The predicted octanol–water partition coefficient (Wildman–Crippen LogP) is 4.01. The van der Waals surface area contributed by atoms with Crippen molar-refractivity contribution in [3.05, 3.63) is 37.0 Å². The number of allylic oxidation sites excluding steroid dienone is 5. The molecule has 0 amide bonds. The lowest BCUT2D eigenvalue weighted by atomic mass is 10.1. The maximum Gasteiger partial charge on any atom is 0.0540 e. The molecule has 0 bridgehead atoms. The van der Waals surface area contributed by atoms with Gasteiger partial charge in [-0.15, -0.1) is 0 Å². The molecule has 0 aromatic carbocycles. The van der Waals surface area contributed by atoms with Crippen LogP contribution in [0.2, 0.25) is 0 Å². The molecular weight excluding hydrogens is 184 g/mol. The third-order valence-electron chi connectivity index (χ3n) is 2.27. The Morgan fingerprint density at radius 1 is 1.13 bits per heavy atom. The zero-order valence-electron chi connectivity index (χ0n) is 9.86. The van der Waals surface area contributed by atoms with Gasteiger partial charge in [-0.25, -0.2) is 0 Å². The smallest absolute Gasteiger partial charge is 0.0540 e. The van der Waals surface area contributed by atoms with Crippen molar-refractivity contribution in [3.8, 4) is 0 Å². The molecule has 0 aliphatic heterocycles. The number of hydrogen-bond donors (Lipinski definition) is 1. The summed E-state index contributed by atoms with van der Waals surface area (Å²) in [5.41, 5.74) is 0. The van der Waals surface area contributed by atoms with Gasteiger partial charge in [-0.2, -0.15) is 0 Å². The van der Waals surface area contributed by atoms with Gasteiger partial charge >= 0.3 is 0 Å². The van der Waals surface area contributed by atoms with Crippen molar-refractivity contribution in [1.29, 1.82) is 0 Å². The lowest BCUT2D eigenvalue weighted by molar-refractivity contribution is 0.150. The van der Waals surface area contributed by atoms with Crippen molar-refractivity contribution in [2.24, 2.45) is 0 Å². The Morgan fingerprint density at radius 3 is 2.60 bits per heavy atom. The fourth-order valence-electron chi connectivity index (χ4n) is 1.44. The quantitative estimate of drug-likeness (QED) is 0.448. The molecule has 1 nitrogen and oxygen atoms in total. The minimum atomic E-state index is -0.0837. The normalized spacial score (nSPS) is 13.7. The van der Waals surface area contributed by atoms with E-state index in [2.05, 4.69) is 19.6 Å². The maximum absolute atomic E-state index is 9.48. The first-order valence-electron chi connectivity index (χ1n) is 5.93. The molecule has 0 fully saturated rings. The number of unbranched alkanes of at least 4 members (excludes halogenated alkanes) is 2. The number of aliphatic hydroxyl groups is 1. The van der Waals surface area contributed by atoms with Crippen LogP contribution in [0.3, 0.4) is 0 Å². The lowest BCUT2D eigenvalue weighted by Gasteiger charge is -2.07. The Balaban J connectivity index is 3.27. The molecule has 15 heavy (non-hydrogen) atoms. The summed E-state index contributed by atoms with van der Waals surface area (Å²) in [5, 5.41) is 9.48. The molecule has 1 atom stereocenters. The number of hydrogen-bond acceptors (Lipinski definition) is 1. The van der Waals surface area contributed by atoms with E-state index in [9.17, 15) is 5.11 Å². The highest BCUT2D eigenvalue weighted by Crippen LogP contribution is 2.08. The third-order valence-corrected chi connectivity index (χ3v) is 2.27. The van der Waals surface area contributed by atoms with E-state index in [0.717, 1.165) is 32.1 Å². The Labute approximate surface area is 94.2 Å². The number of rotatable bonds is 9. The van der Waals surface area contributed by atoms with Gasteiger partial charge in [-0.1, -0.05) is 56.7 Å². The Hall–Kier alpha value is -0.820. The second-order valence-corrected chi connectivity index (χ2v) is 3.78. The highest BCUT2D eigenvalue weighted by molar-refractivity contribution is 5.08. The first-order chi connectivity index (χ1) is 7.31. The van der Waals surface area contributed by atoms with Gasteiger partial charge in [0, 0.05) is 0 Å². The first kappa shape index (κ1) is 14.2. The van der Waals surface area contributed by atoms with Crippen molar-refractivity contribution in [2.75, 3.05) is 0 Å². The van der Waals surface area contributed by atoms with Crippen molar-refractivity contribution >= 4 is 0 Å². The van der Waals surface area contributed by atoms with Gasteiger partial charge in [-0.3, -0.25) is 0 Å². The van der Waals surface area contributed by atoms with Gasteiger partial charge in [0.25, 0.3) is 0 Å². The average Bonchev–Trinajstić information content (AvgIpc) is 2.22. The lowest BCUT2D eigenvalue weighted by Crippen LogP contribution is -2.04. The summed E-state index contributed by atoms with van der Waals surface area (Å²) in [4.78, 5) is 0. The van der Waals surface area contributed by atoms with E-state index in [4.69, 9.17) is 0 Å². The van der Waals surface area contributed by atoms with Gasteiger partial charge < -0.3 is 5.11 Å². The molecule has 0 saturated heterocycles. The van der Waals surface area contributed by atoms with Crippen LogP contribution >= 0.6 is 0 Å². The fraction of sp³-hybridized carbons (Fsp3) is 0.571. The van der Waals surface area contributed by atoms with Crippen LogP contribution in [0.1, 0.15) is 45.4 Å². The molecule has 0 aromatic heterocycles. The second-order valence-electron chi connectivity index (χ2n) is 3.78. The summed E-state index contributed by atoms with van der Waals surface area (Å²) in [6, 6.07) is 0. The largest absolute Gasteiger partial charge is 0.393 e. The topological polar surface area (TPSA) is 20.2 Å². The first-order valence-corrected chi connectivity index (χ1v) is 5.93. The molecule has 86 valence electrons. The zero-order valence-corrected chi connectivity index (χ0v) is 9.86. The van der Waals surface area contributed by atoms with Crippen LogP contribution in [0, 0.1) is 0 Å². The van der Waals surface area contributed by atoms with Crippen LogP contribution in [0.15, 0.2) is 37.0 Å². The van der Waals surface area contributed by atoms with Crippen molar-refractivity contribution in [1.82, 2.24) is 0 Å². The monoisotopic (exact) mass is 208 g/mol. The molecule has 0 heterocycles. The highest BCUT2D eigenvalue weighted by Gasteiger charge is 2.00. The Kier molecular flexibility index (Phi) is 10.6. The molecular formula is C14H24O. The summed E-state index contributed by atoms with van der Waals surface area (Å²) in [6.07, 6.45) is 16.1. The van der Waals surface area contributed by atoms with Crippen LogP contribution < -0.4 is 0 Å². The van der Waals surface area contributed by atoms with Crippen LogP contribution in [-0.2, 0) is 0 Å². The molecule has 0 aliphatic rings. The standard InChI is InChI=1S/C14H24O/c1-3-5-6-7-8-9-10-11-13-14(15)12-4-2/h3,5-8,14-15H,1,4,9-13H2,2H3/b6-5+,8-7+. The van der Waals surface area contributed by atoms with Gasteiger partial charge in [0.05, 0.1) is 6.10 Å². The molecule has 1 heteroatoms. The minimum absolute atomic E-state index is 0.0837. The fourth-order valence-corrected chi connectivity index (χ4v) is 1.44. The molecule has 0 spiro atoms. The Bertz CT molecular complexity index is 192. The van der Waals surface area contributed by atoms with E-state index in [-0.39, 0.29) is 6.10 Å². The summed E-state index contributed by atoms with van der Waals surface area (Å²) >= 11 is 0. The van der Waals surface area contributed by atoms with Crippen LogP contribution in [0.4, 0.5) is 0 Å². The van der Waals surface area contributed by atoms with Crippen LogP contribution in [0.5, 0.6) is 0 Å². The molecule has 0 saturated carbocycles. The van der Waals surface area contributed by atoms with Gasteiger partial charge in [0.1, 0.15) is 0 Å². The molecule has 0 radical (unpaired) electrons. The summed E-state index contributed by atoms with van der Waals surface area (Å²) in [6.45, 7) is 5.71. The summed E-state index contributed by atoms with van der Waals surface area (Å²) < 4.78 is 0. The minimum Gasteiger partial charge on any atom is -0.393 e. The van der Waals surface area contributed by atoms with E-state index in [1.165, 1.54) is 6.42 Å². The molecule has 1 unspecified atom stereocenters. The molecule has 0 aliphatic carbocycles. The highest BCUT2D eigenvalue weighted by atomic mass is 16.3. The van der Waals surface area contributed by atoms with Crippen molar-refractivity contribution in [3.63, 3.8) is 0 Å².